The second-order valence-electron chi connectivity index (χ2n) is 8.05. The first-order valence-corrected chi connectivity index (χ1v) is 11.5. The highest BCUT2D eigenvalue weighted by Gasteiger charge is 2.09. The molecule has 0 saturated carbocycles. The van der Waals surface area contributed by atoms with E-state index >= 15 is 0 Å². The molecular formula is C27H40. The van der Waals surface area contributed by atoms with Crippen molar-refractivity contribution in [2.75, 3.05) is 0 Å². The van der Waals surface area contributed by atoms with E-state index < -0.39 is 0 Å². The van der Waals surface area contributed by atoms with Crippen LogP contribution in [0.2, 0.25) is 0 Å². The van der Waals surface area contributed by atoms with Crippen molar-refractivity contribution in [2.24, 2.45) is 0 Å². The first kappa shape index (κ1) is 21.7. The Balaban J connectivity index is 2.04. The van der Waals surface area contributed by atoms with Crippen molar-refractivity contribution in [1.82, 2.24) is 0 Å². The van der Waals surface area contributed by atoms with Gasteiger partial charge in [-0.05, 0) is 54.4 Å². The molecule has 0 aliphatic heterocycles. The van der Waals surface area contributed by atoms with Crippen LogP contribution >= 0.6 is 0 Å². The molecule has 0 heteroatoms. The van der Waals surface area contributed by atoms with Crippen molar-refractivity contribution in [2.45, 2.75) is 97.3 Å². The monoisotopic (exact) mass is 364 g/mol. The summed E-state index contributed by atoms with van der Waals surface area (Å²) in [7, 11) is 0. The van der Waals surface area contributed by atoms with E-state index in [1.165, 1.54) is 82.6 Å². The Labute approximate surface area is 168 Å². The Morgan fingerprint density at radius 2 is 1.11 bits per heavy atom. The zero-order valence-electron chi connectivity index (χ0n) is 17.8. The van der Waals surface area contributed by atoms with Crippen LogP contribution < -0.4 is 0 Å². The maximum atomic E-state index is 2.40. The van der Waals surface area contributed by atoms with Crippen LogP contribution in [-0.4, -0.2) is 0 Å². The fourth-order valence-corrected chi connectivity index (χ4v) is 4.05. The highest BCUT2D eigenvalue weighted by atomic mass is 14.1. The zero-order chi connectivity index (χ0) is 19.2. The Morgan fingerprint density at radius 1 is 0.519 bits per heavy atom. The summed E-state index contributed by atoms with van der Waals surface area (Å²) >= 11 is 0. The third-order valence-corrected chi connectivity index (χ3v) is 5.69. The Bertz CT molecular complexity index is 611. The lowest BCUT2D eigenvalue weighted by molar-refractivity contribution is 0.619. The Morgan fingerprint density at radius 3 is 1.78 bits per heavy atom. The highest BCUT2D eigenvalue weighted by Crippen LogP contribution is 2.23. The van der Waals surface area contributed by atoms with E-state index in [1.54, 1.807) is 16.7 Å². The lowest BCUT2D eigenvalue weighted by Crippen LogP contribution is -2.02. The van der Waals surface area contributed by atoms with E-state index in [1.807, 2.05) is 0 Å². The van der Waals surface area contributed by atoms with Crippen molar-refractivity contribution in [3.63, 3.8) is 0 Å². The predicted octanol–water partition coefficient (Wildman–Crippen LogP) is 8.30. The summed E-state index contributed by atoms with van der Waals surface area (Å²) in [6.07, 6.45) is 17.3. The van der Waals surface area contributed by atoms with E-state index in [0.717, 1.165) is 6.42 Å². The van der Waals surface area contributed by atoms with Crippen LogP contribution in [0.15, 0.2) is 48.5 Å². The molecule has 0 aliphatic rings. The van der Waals surface area contributed by atoms with Gasteiger partial charge in [0.15, 0.2) is 0 Å². The van der Waals surface area contributed by atoms with Crippen LogP contribution in [0.3, 0.4) is 0 Å². The summed E-state index contributed by atoms with van der Waals surface area (Å²) in [6, 6.07) is 18.0. The molecule has 0 N–H and O–H groups in total. The molecule has 0 nitrogen and oxygen atoms in total. The SMILES string of the molecule is CCCCCCCc1cccc(Cc2ccccc2)c1CCCCCCC. The highest BCUT2D eigenvalue weighted by molar-refractivity contribution is 5.39. The minimum atomic E-state index is 1.08. The molecule has 0 aromatic heterocycles. The molecule has 148 valence electrons. The molecule has 2 aromatic carbocycles. The molecule has 0 radical (unpaired) electrons. The fraction of sp³-hybridized carbons (Fsp3) is 0.556. The lowest BCUT2D eigenvalue weighted by Gasteiger charge is -2.16. The maximum absolute atomic E-state index is 2.40. The van der Waals surface area contributed by atoms with Gasteiger partial charge < -0.3 is 0 Å². The Hall–Kier alpha value is -1.56. The van der Waals surface area contributed by atoms with Gasteiger partial charge in [0, 0.05) is 0 Å². The van der Waals surface area contributed by atoms with E-state index in [-0.39, 0.29) is 0 Å². The molecule has 2 aromatic rings. The minimum absolute atomic E-state index is 1.08. The third-order valence-electron chi connectivity index (χ3n) is 5.69. The second kappa shape index (κ2) is 13.6. The van der Waals surface area contributed by atoms with Gasteiger partial charge in [0.25, 0.3) is 0 Å². The number of unbranched alkanes of at least 4 members (excludes halogenated alkanes) is 8. The summed E-state index contributed by atoms with van der Waals surface area (Å²) in [6.45, 7) is 4.59. The standard InChI is InChI=1S/C27H40/c1-3-5-7-9-14-19-25-20-16-21-26(23-24-17-12-11-13-18-24)27(25)22-15-10-8-6-4-2/h11-13,16-18,20-21H,3-10,14-15,19,22-23H2,1-2H3. The van der Waals surface area contributed by atoms with Gasteiger partial charge >= 0.3 is 0 Å². The molecule has 0 saturated heterocycles. The zero-order valence-corrected chi connectivity index (χ0v) is 17.8. The lowest BCUT2D eigenvalue weighted by atomic mass is 9.90. The van der Waals surface area contributed by atoms with Gasteiger partial charge in [-0.2, -0.15) is 0 Å². The smallest absolute Gasteiger partial charge is 0.00229 e. The van der Waals surface area contributed by atoms with Gasteiger partial charge in [0.2, 0.25) is 0 Å². The molecule has 0 spiro atoms. The van der Waals surface area contributed by atoms with Gasteiger partial charge in [-0.1, -0.05) is 114 Å². The van der Waals surface area contributed by atoms with Crippen LogP contribution in [0, 0.1) is 0 Å². The molecule has 27 heavy (non-hydrogen) atoms. The normalized spacial score (nSPS) is 11.0. The van der Waals surface area contributed by atoms with Gasteiger partial charge in [0.05, 0.1) is 0 Å². The van der Waals surface area contributed by atoms with E-state index in [2.05, 4.69) is 62.4 Å². The van der Waals surface area contributed by atoms with Crippen LogP contribution in [-0.2, 0) is 19.3 Å². The molecule has 0 fully saturated rings. The van der Waals surface area contributed by atoms with E-state index in [0.29, 0.717) is 0 Å². The average Bonchev–Trinajstić information content (AvgIpc) is 2.70. The molecule has 0 amide bonds. The van der Waals surface area contributed by atoms with Crippen LogP contribution in [0.5, 0.6) is 0 Å². The number of aryl methyl sites for hydroxylation is 1. The van der Waals surface area contributed by atoms with Crippen LogP contribution in [0.4, 0.5) is 0 Å². The molecular weight excluding hydrogens is 324 g/mol. The number of hydrogen-bond donors (Lipinski definition) is 0. The van der Waals surface area contributed by atoms with Crippen molar-refractivity contribution < 1.29 is 0 Å². The topological polar surface area (TPSA) is 0 Å². The van der Waals surface area contributed by atoms with Crippen LogP contribution in [0.1, 0.15) is 100 Å². The minimum Gasteiger partial charge on any atom is -0.0654 e. The Kier molecular flexibility index (Phi) is 10.9. The third kappa shape index (κ3) is 8.33. The molecule has 0 bridgehead atoms. The van der Waals surface area contributed by atoms with Crippen molar-refractivity contribution >= 4 is 0 Å². The summed E-state index contributed by atoms with van der Waals surface area (Å²) in [5.41, 5.74) is 6.27. The second-order valence-corrected chi connectivity index (χ2v) is 8.05. The average molecular weight is 365 g/mol. The van der Waals surface area contributed by atoms with Gasteiger partial charge in [-0.25, -0.2) is 0 Å². The quantitative estimate of drug-likeness (QED) is 0.296. The predicted molar refractivity (Wildman–Crippen MR) is 121 cm³/mol. The van der Waals surface area contributed by atoms with Crippen molar-refractivity contribution in [3.8, 4) is 0 Å². The van der Waals surface area contributed by atoms with Gasteiger partial charge in [0.1, 0.15) is 0 Å². The van der Waals surface area contributed by atoms with Crippen molar-refractivity contribution in [1.29, 1.82) is 0 Å². The summed E-state index contributed by atoms with van der Waals surface area (Å²) in [5.74, 6) is 0. The first-order chi connectivity index (χ1) is 13.3. The van der Waals surface area contributed by atoms with Crippen LogP contribution in [0.25, 0.3) is 0 Å². The molecule has 0 atom stereocenters. The fourth-order valence-electron chi connectivity index (χ4n) is 4.05. The molecule has 0 unspecified atom stereocenters. The van der Waals surface area contributed by atoms with Crippen molar-refractivity contribution in [3.05, 3.63) is 70.8 Å². The van der Waals surface area contributed by atoms with Gasteiger partial charge in [-0.15, -0.1) is 0 Å². The number of rotatable bonds is 14. The number of benzene rings is 2. The summed E-state index contributed by atoms with van der Waals surface area (Å²) < 4.78 is 0. The maximum Gasteiger partial charge on any atom is -0.00229 e. The van der Waals surface area contributed by atoms with E-state index in [4.69, 9.17) is 0 Å². The van der Waals surface area contributed by atoms with E-state index in [9.17, 15) is 0 Å². The number of hydrogen-bond acceptors (Lipinski definition) is 0. The largest absolute Gasteiger partial charge is 0.0654 e. The molecule has 0 heterocycles. The first-order valence-electron chi connectivity index (χ1n) is 11.5. The summed E-state index contributed by atoms with van der Waals surface area (Å²) in [4.78, 5) is 0. The summed E-state index contributed by atoms with van der Waals surface area (Å²) in [5, 5.41) is 0. The molecule has 2 rings (SSSR count). The molecule has 0 aliphatic carbocycles. The van der Waals surface area contributed by atoms with Gasteiger partial charge in [-0.3, -0.25) is 0 Å².